The minimum Gasteiger partial charge on any atom is -0.445 e. The van der Waals surface area contributed by atoms with Crippen molar-refractivity contribution in [1.29, 1.82) is 0 Å². The molecule has 0 saturated carbocycles. The van der Waals surface area contributed by atoms with Crippen LogP contribution in [0.4, 0.5) is 10.5 Å². The standard InChI is InChI=1S/C18H21N3O3/c1-21(15-10-6-3-7-11-15)12-16(17(19)22)20-18(23)24-13-14-8-4-2-5-9-14/h2-11,16H,12-13H2,1H3,(H2,19,22)(H,20,23)/t16-/m0/s1. The fourth-order valence-electron chi connectivity index (χ4n) is 2.18. The number of nitrogens with two attached hydrogens (primary N) is 1. The van der Waals surface area contributed by atoms with Gasteiger partial charge in [-0.3, -0.25) is 4.79 Å². The third-order valence-electron chi connectivity index (χ3n) is 3.50. The maximum absolute atomic E-state index is 11.9. The van der Waals surface area contributed by atoms with Crippen molar-refractivity contribution >= 4 is 17.7 Å². The molecule has 0 fully saturated rings. The summed E-state index contributed by atoms with van der Waals surface area (Å²) < 4.78 is 5.12. The van der Waals surface area contributed by atoms with Crippen LogP contribution in [0.2, 0.25) is 0 Å². The van der Waals surface area contributed by atoms with E-state index < -0.39 is 18.0 Å². The molecule has 2 amide bonds. The highest BCUT2D eigenvalue weighted by molar-refractivity contribution is 5.84. The molecule has 0 radical (unpaired) electrons. The van der Waals surface area contributed by atoms with E-state index >= 15 is 0 Å². The molecule has 6 nitrogen and oxygen atoms in total. The van der Waals surface area contributed by atoms with Crippen LogP contribution >= 0.6 is 0 Å². The number of likely N-dealkylation sites (N-methyl/N-ethyl adjacent to an activating group) is 1. The highest BCUT2D eigenvalue weighted by atomic mass is 16.5. The molecule has 3 N–H and O–H groups in total. The first-order valence-corrected chi connectivity index (χ1v) is 7.59. The zero-order valence-electron chi connectivity index (χ0n) is 13.5. The van der Waals surface area contributed by atoms with Gasteiger partial charge >= 0.3 is 6.09 Å². The van der Waals surface area contributed by atoms with E-state index in [4.69, 9.17) is 10.5 Å². The van der Waals surface area contributed by atoms with Gasteiger partial charge in [0.15, 0.2) is 0 Å². The Kier molecular flexibility index (Phi) is 6.19. The number of hydrogen-bond donors (Lipinski definition) is 2. The third kappa shape index (κ3) is 5.31. The summed E-state index contributed by atoms with van der Waals surface area (Å²) in [6.07, 6.45) is -0.677. The van der Waals surface area contributed by atoms with Gasteiger partial charge in [-0.1, -0.05) is 48.5 Å². The zero-order chi connectivity index (χ0) is 17.4. The summed E-state index contributed by atoms with van der Waals surface area (Å²) >= 11 is 0. The molecule has 0 aromatic heterocycles. The number of alkyl carbamates (subject to hydrolysis) is 1. The fraction of sp³-hybridized carbons (Fsp3) is 0.222. The van der Waals surface area contributed by atoms with Crippen LogP contribution in [0.5, 0.6) is 0 Å². The van der Waals surface area contributed by atoms with Gasteiger partial charge in [0, 0.05) is 19.3 Å². The van der Waals surface area contributed by atoms with Gasteiger partial charge in [0.05, 0.1) is 0 Å². The van der Waals surface area contributed by atoms with Gasteiger partial charge in [-0.25, -0.2) is 4.79 Å². The van der Waals surface area contributed by atoms with Gasteiger partial charge in [-0.15, -0.1) is 0 Å². The van der Waals surface area contributed by atoms with Crippen LogP contribution in [-0.4, -0.2) is 31.6 Å². The number of amides is 2. The molecule has 6 heteroatoms. The molecular formula is C18H21N3O3. The molecule has 24 heavy (non-hydrogen) atoms. The predicted octanol–water partition coefficient (Wildman–Crippen LogP) is 1.90. The maximum atomic E-state index is 11.9. The lowest BCUT2D eigenvalue weighted by atomic mass is 10.2. The Bertz CT molecular complexity index is 662. The molecule has 0 aliphatic carbocycles. The van der Waals surface area contributed by atoms with Crippen LogP contribution in [0.3, 0.4) is 0 Å². The highest BCUT2D eigenvalue weighted by Gasteiger charge is 2.21. The molecule has 2 aromatic carbocycles. The Morgan fingerprint density at radius 1 is 1.08 bits per heavy atom. The van der Waals surface area contributed by atoms with Crippen LogP contribution in [0.15, 0.2) is 60.7 Å². The van der Waals surface area contributed by atoms with Crippen molar-refractivity contribution < 1.29 is 14.3 Å². The topological polar surface area (TPSA) is 84.7 Å². The van der Waals surface area contributed by atoms with Crippen LogP contribution in [0, 0.1) is 0 Å². The number of primary amides is 1. The Labute approximate surface area is 141 Å². The molecule has 0 aliphatic heterocycles. The first-order chi connectivity index (χ1) is 11.6. The summed E-state index contributed by atoms with van der Waals surface area (Å²) in [5.74, 6) is -0.616. The van der Waals surface area contributed by atoms with Crippen LogP contribution in [0.1, 0.15) is 5.56 Å². The van der Waals surface area contributed by atoms with E-state index in [-0.39, 0.29) is 13.2 Å². The van der Waals surface area contributed by atoms with E-state index in [0.29, 0.717) is 0 Å². The number of carbonyl (C=O) groups excluding carboxylic acids is 2. The number of nitrogens with zero attached hydrogens (tertiary/aromatic N) is 1. The molecular weight excluding hydrogens is 306 g/mol. The minimum atomic E-state index is -0.849. The number of ether oxygens (including phenoxy) is 1. The molecule has 0 spiro atoms. The normalized spacial score (nSPS) is 11.4. The van der Waals surface area contributed by atoms with Crippen molar-refractivity contribution in [2.75, 3.05) is 18.5 Å². The van der Waals surface area contributed by atoms with Crippen molar-refractivity contribution in [3.05, 3.63) is 66.2 Å². The smallest absolute Gasteiger partial charge is 0.408 e. The first-order valence-electron chi connectivity index (χ1n) is 7.59. The van der Waals surface area contributed by atoms with E-state index in [0.717, 1.165) is 11.3 Å². The molecule has 0 aliphatic rings. The largest absolute Gasteiger partial charge is 0.445 e. The number of benzene rings is 2. The SMILES string of the molecule is CN(C[C@H](NC(=O)OCc1ccccc1)C(N)=O)c1ccccc1. The number of hydrogen-bond acceptors (Lipinski definition) is 4. The molecule has 2 rings (SSSR count). The Morgan fingerprint density at radius 2 is 1.67 bits per heavy atom. The predicted molar refractivity (Wildman–Crippen MR) is 92.5 cm³/mol. The lowest BCUT2D eigenvalue weighted by molar-refractivity contribution is -0.119. The van der Waals surface area contributed by atoms with Crippen molar-refractivity contribution in [3.8, 4) is 0 Å². The fourth-order valence-corrected chi connectivity index (χ4v) is 2.18. The monoisotopic (exact) mass is 327 g/mol. The van der Waals surface area contributed by atoms with Gasteiger partial charge < -0.3 is 20.7 Å². The van der Waals surface area contributed by atoms with Crippen LogP contribution < -0.4 is 16.0 Å². The number of anilines is 1. The van der Waals surface area contributed by atoms with E-state index in [1.54, 1.807) is 0 Å². The van der Waals surface area contributed by atoms with E-state index in [1.165, 1.54) is 0 Å². The average Bonchev–Trinajstić information content (AvgIpc) is 2.61. The number of para-hydroxylation sites is 1. The Balaban J connectivity index is 1.88. The second-order valence-electron chi connectivity index (χ2n) is 5.38. The molecule has 0 saturated heterocycles. The maximum Gasteiger partial charge on any atom is 0.408 e. The van der Waals surface area contributed by atoms with Crippen molar-refractivity contribution in [2.45, 2.75) is 12.6 Å². The van der Waals surface area contributed by atoms with Gasteiger partial charge in [0.2, 0.25) is 5.91 Å². The summed E-state index contributed by atoms with van der Waals surface area (Å²) in [6, 6.07) is 18.0. The summed E-state index contributed by atoms with van der Waals surface area (Å²) in [5.41, 5.74) is 7.17. The van der Waals surface area contributed by atoms with Crippen molar-refractivity contribution in [1.82, 2.24) is 5.32 Å². The third-order valence-corrected chi connectivity index (χ3v) is 3.50. The quantitative estimate of drug-likeness (QED) is 0.813. The number of nitrogens with one attached hydrogen (secondary N) is 1. The van der Waals surface area contributed by atoms with E-state index in [1.807, 2.05) is 72.6 Å². The molecule has 1 atom stereocenters. The zero-order valence-corrected chi connectivity index (χ0v) is 13.5. The minimum absolute atomic E-state index is 0.132. The first kappa shape index (κ1) is 17.3. The Hall–Kier alpha value is -3.02. The number of carbonyl (C=O) groups is 2. The summed E-state index contributed by atoms with van der Waals surface area (Å²) in [7, 11) is 1.82. The summed E-state index contributed by atoms with van der Waals surface area (Å²) in [4.78, 5) is 25.3. The molecule has 0 bridgehead atoms. The van der Waals surface area contributed by atoms with E-state index in [9.17, 15) is 9.59 Å². The molecule has 0 unspecified atom stereocenters. The Morgan fingerprint density at radius 3 is 2.25 bits per heavy atom. The van der Waals surface area contributed by atoms with E-state index in [2.05, 4.69) is 5.32 Å². The second-order valence-corrected chi connectivity index (χ2v) is 5.38. The van der Waals surface area contributed by atoms with Gasteiger partial charge in [-0.05, 0) is 17.7 Å². The summed E-state index contributed by atoms with van der Waals surface area (Å²) in [6.45, 7) is 0.381. The lowest BCUT2D eigenvalue weighted by Gasteiger charge is -2.24. The van der Waals surface area contributed by atoms with Gasteiger partial charge in [0.1, 0.15) is 12.6 Å². The lowest BCUT2D eigenvalue weighted by Crippen LogP contribution is -2.50. The van der Waals surface area contributed by atoms with Gasteiger partial charge in [0.25, 0.3) is 0 Å². The molecule has 126 valence electrons. The van der Waals surface area contributed by atoms with Crippen LogP contribution in [0.25, 0.3) is 0 Å². The molecule has 2 aromatic rings. The molecule has 0 heterocycles. The average molecular weight is 327 g/mol. The summed E-state index contributed by atoms with van der Waals surface area (Å²) in [5, 5.41) is 2.51. The van der Waals surface area contributed by atoms with Crippen molar-refractivity contribution in [2.24, 2.45) is 5.73 Å². The number of rotatable bonds is 7. The van der Waals surface area contributed by atoms with Crippen molar-refractivity contribution in [3.63, 3.8) is 0 Å². The second kappa shape index (κ2) is 8.57. The highest BCUT2D eigenvalue weighted by Crippen LogP contribution is 2.11. The van der Waals surface area contributed by atoms with Gasteiger partial charge in [-0.2, -0.15) is 0 Å². The van der Waals surface area contributed by atoms with Crippen LogP contribution in [-0.2, 0) is 16.1 Å².